The molecule has 1 saturated heterocycles. The summed E-state index contributed by atoms with van der Waals surface area (Å²) >= 11 is 5.81. The van der Waals surface area contributed by atoms with E-state index in [1.807, 2.05) is 0 Å². The number of alkyl halides is 2. The molecule has 2 unspecified atom stereocenters. The molecule has 1 fully saturated rings. The van der Waals surface area contributed by atoms with Gasteiger partial charge in [-0.05, 0) is 25.7 Å². The topological polar surface area (TPSA) is 9.23 Å². The van der Waals surface area contributed by atoms with E-state index in [1.165, 1.54) is 32.1 Å². The third-order valence-corrected chi connectivity index (χ3v) is 3.44. The molecule has 2 atom stereocenters. The Balaban J connectivity index is 0.00000121. The molecule has 0 radical (unpaired) electrons. The summed E-state index contributed by atoms with van der Waals surface area (Å²) in [5.41, 5.74) is 0. The van der Waals surface area contributed by atoms with Gasteiger partial charge in [-0.3, -0.25) is 0 Å². The molecule has 0 aliphatic carbocycles. The Bertz CT molecular complexity index is 111. The summed E-state index contributed by atoms with van der Waals surface area (Å²) in [4.78, 5) is 0. The molecule has 12 heavy (non-hydrogen) atoms. The first-order chi connectivity index (χ1) is 5.33. The molecular weight excluding hydrogens is 331 g/mol. The SMILES string of the molecule is BrCCCCC1CCC(I)O1.C. The normalized spacial score (nSPS) is 28.5. The fourth-order valence-electron chi connectivity index (χ4n) is 1.34. The lowest BCUT2D eigenvalue weighted by Gasteiger charge is -2.08. The highest BCUT2D eigenvalue weighted by Gasteiger charge is 2.21. The zero-order chi connectivity index (χ0) is 8.10. The van der Waals surface area contributed by atoms with E-state index in [2.05, 4.69) is 38.5 Å². The van der Waals surface area contributed by atoms with Crippen LogP contribution < -0.4 is 0 Å². The standard InChI is InChI=1S/C8H14BrIO.CH4/c9-6-2-1-3-7-4-5-8(10)11-7;/h7-8H,1-6H2;1H4. The minimum atomic E-state index is 0. The molecule has 3 heteroatoms. The molecule has 0 bridgehead atoms. The Morgan fingerprint density at radius 2 is 2.08 bits per heavy atom. The van der Waals surface area contributed by atoms with Gasteiger partial charge in [0.1, 0.15) is 4.11 Å². The zero-order valence-corrected chi connectivity index (χ0v) is 10.3. The predicted molar refractivity (Wildman–Crippen MR) is 66.3 cm³/mol. The van der Waals surface area contributed by atoms with Crippen molar-refractivity contribution >= 4 is 38.5 Å². The second-order valence-corrected chi connectivity index (χ2v) is 5.11. The molecule has 1 rings (SSSR count). The highest BCUT2D eigenvalue weighted by Crippen LogP contribution is 2.27. The van der Waals surface area contributed by atoms with E-state index >= 15 is 0 Å². The van der Waals surface area contributed by atoms with Crippen molar-refractivity contribution in [2.24, 2.45) is 0 Å². The van der Waals surface area contributed by atoms with Crippen molar-refractivity contribution in [3.05, 3.63) is 0 Å². The van der Waals surface area contributed by atoms with Gasteiger partial charge in [0.05, 0.1) is 6.10 Å². The quantitative estimate of drug-likeness (QED) is 0.421. The van der Waals surface area contributed by atoms with E-state index in [1.54, 1.807) is 0 Å². The predicted octanol–water partition coefficient (Wildman–Crippen LogP) is 4.13. The molecule has 1 aliphatic heterocycles. The fourth-order valence-corrected chi connectivity index (χ4v) is 2.51. The maximum Gasteiger partial charge on any atom is 0.109 e. The summed E-state index contributed by atoms with van der Waals surface area (Å²) in [6.45, 7) is 0. The van der Waals surface area contributed by atoms with Crippen molar-refractivity contribution in [1.29, 1.82) is 0 Å². The molecule has 0 amide bonds. The zero-order valence-electron chi connectivity index (χ0n) is 6.56. The highest BCUT2D eigenvalue weighted by molar-refractivity contribution is 14.1. The van der Waals surface area contributed by atoms with Crippen LogP contribution in [0.3, 0.4) is 0 Å². The smallest absolute Gasteiger partial charge is 0.109 e. The molecule has 0 N–H and O–H groups in total. The summed E-state index contributed by atoms with van der Waals surface area (Å²) in [5.74, 6) is 0. The van der Waals surface area contributed by atoms with E-state index in [0.717, 1.165) is 5.33 Å². The van der Waals surface area contributed by atoms with Gasteiger partial charge < -0.3 is 4.74 Å². The van der Waals surface area contributed by atoms with Gasteiger partial charge in [0, 0.05) is 5.33 Å². The van der Waals surface area contributed by atoms with Crippen molar-refractivity contribution < 1.29 is 4.74 Å². The number of rotatable bonds is 4. The molecular formula is C9H18BrIO. The molecule has 0 aromatic carbocycles. The Morgan fingerprint density at radius 3 is 2.58 bits per heavy atom. The maximum atomic E-state index is 5.68. The first-order valence-electron chi connectivity index (χ1n) is 4.18. The summed E-state index contributed by atoms with van der Waals surface area (Å²) in [5, 5.41) is 1.13. The monoisotopic (exact) mass is 348 g/mol. The van der Waals surface area contributed by atoms with Crippen LogP contribution in [0.2, 0.25) is 0 Å². The number of ether oxygens (including phenoxy) is 1. The number of hydrogen-bond acceptors (Lipinski definition) is 1. The molecule has 74 valence electrons. The Hall–Kier alpha value is 1.17. The van der Waals surface area contributed by atoms with Crippen LogP contribution in [0.25, 0.3) is 0 Å². The second-order valence-electron chi connectivity index (χ2n) is 2.93. The number of unbranched alkanes of at least 4 members (excludes halogenated alkanes) is 1. The van der Waals surface area contributed by atoms with Crippen LogP contribution in [0.5, 0.6) is 0 Å². The van der Waals surface area contributed by atoms with Crippen LogP contribution in [-0.2, 0) is 4.74 Å². The molecule has 0 saturated carbocycles. The summed E-state index contributed by atoms with van der Waals surface area (Å²) in [6.07, 6.45) is 6.93. The van der Waals surface area contributed by atoms with Gasteiger partial charge in [-0.15, -0.1) is 0 Å². The van der Waals surface area contributed by atoms with Crippen LogP contribution in [0, 0.1) is 0 Å². The molecule has 1 nitrogen and oxygen atoms in total. The Morgan fingerprint density at radius 1 is 1.33 bits per heavy atom. The van der Waals surface area contributed by atoms with E-state index in [9.17, 15) is 0 Å². The number of hydrogen-bond donors (Lipinski definition) is 0. The van der Waals surface area contributed by atoms with Crippen LogP contribution in [-0.4, -0.2) is 15.5 Å². The first-order valence-corrected chi connectivity index (χ1v) is 6.55. The number of halogens is 2. The van der Waals surface area contributed by atoms with Crippen LogP contribution in [0.1, 0.15) is 39.5 Å². The van der Waals surface area contributed by atoms with Crippen LogP contribution >= 0.6 is 38.5 Å². The van der Waals surface area contributed by atoms with Crippen molar-refractivity contribution in [3.8, 4) is 0 Å². The van der Waals surface area contributed by atoms with E-state index in [0.29, 0.717) is 10.2 Å². The third-order valence-electron chi connectivity index (χ3n) is 1.97. The molecule has 0 spiro atoms. The molecule has 1 aliphatic rings. The third kappa shape index (κ3) is 5.02. The Labute approximate surface area is 97.9 Å². The minimum Gasteiger partial charge on any atom is -0.365 e. The lowest BCUT2D eigenvalue weighted by Crippen LogP contribution is -2.06. The van der Waals surface area contributed by atoms with Gasteiger partial charge in [-0.1, -0.05) is 52.4 Å². The summed E-state index contributed by atoms with van der Waals surface area (Å²) in [7, 11) is 0. The van der Waals surface area contributed by atoms with Gasteiger partial charge in [0.2, 0.25) is 0 Å². The average Bonchev–Trinajstić information content (AvgIpc) is 2.37. The van der Waals surface area contributed by atoms with E-state index in [-0.39, 0.29) is 7.43 Å². The van der Waals surface area contributed by atoms with Crippen molar-refractivity contribution in [3.63, 3.8) is 0 Å². The van der Waals surface area contributed by atoms with Crippen molar-refractivity contribution in [2.45, 2.75) is 49.7 Å². The second kappa shape index (κ2) is 7.56. The first kappa shape index (κ1) is 13.2. The van der Waals surface area contributed by atoms with Gasteiger partial charge in [-0.25, -0.2) is 0 Å². The van der Waals surface area contributed by atoms with Gasteiger partial charge in [0.25, 0.3) is 0 Å². The Kier molecular flexibility index (Phi) is 8.30. The van der Waals surface area contributed by atoms with Crippen molar-refractivity contribution in [1.82, 2.24) is 0 Å². The van der Waals surface area contributed by atoms with Crippen LogP contribution in [0.15, 0.2) is 0 Å². The lowest BCUT2D eigenvalue weighted by molar-refractivity contribution is 0.0925. The average molecular weight is 349 g/mol. The van der Waals surface area contributed by atoms with E-state index in [4.69, 9.17) is 4.74 Å². The van der Waals surface area contributed by atoms with Gasteiger partial charge in [-0.2, -0.15) is 0 Å². The van der Waals surface area contributed by atoms with E-state index < -0.39 is 0 Å². The lowest BCUT2D eigenvalue weighted by atomic mass is 10.1. The highest BCUT2D eigenvalue weighted by atomic mass is 127. The molecule has 0 aromatic heterocycles. The van der Waals surface area contributed by atoms with Gasteiger partial charge in [0.15, 0.2) is 0 Å². The summed E-state index contributed by atoms with van der Waals surface area (Å²) < 4.78 is 6.17. The van der Waals surface area contributed by atoms with Gasteiger partial charge >= 0.3 is 0 Å². The summed E-state index contributed by atoms with van der Waals surface area (Å²) in [6, 6.07) is 0. The molecule has 0 aromatic rings. The largest absolute Gasteiger partial charge is 0.365 e. The fraction of sp³-hybridized carbons (Fsp3) is 1.00. The minimum absolute atomic E-state index is 0. The van der Waals surface area contributed by atoms with Crippen LogP contribution in [0.4, 0.5) is 0 Å². The molecule has 1 heterocycles. The maximum absolute atomic E-state index is 5.68. The van der Waals surface area contributed by atoms with Crippen molar-refractivity contribution in [2.75, 3.05) is 5.33 Å².